The van der Waals surface area contributed by atoms with Gasteiger partial charge in [-0.2, -0.15) is 0 Å². The van der Waals surface area contributed by atoms with E-state index in [0.717, 1.165) is 0 Å². The molecule has 0 saturated carbocycles. The molecule has 1 rings (SSSR count). The molecule has 0 amide bonds. The molecule has 0 N–H and O–H groups in total. The van der Waals surface area contributed by atoms with Crippen molar-refractivity contribution in [3.05, 3.63) is 0 Å². The molecule has 0 aliphatic carbocycles. The first-order valence-electron chi connectivity index (χ1n) is 3.84. The summed E-state index contributed by atoms with van der Waals surface area (Å²) >= 11 is 0. The van der Waals surface area contributed by atoms with Crippen molar-refractivity contribution in [2.24, 2.45) is 0 Å². The molecule has 0 radical (unpaired) electrons. The smallest absolute Gasteiger partial charge is 0.156 e. The van der Waals surface area contributed by atoms with Crippen LogP contribution in [0.5, 0.6) is 0 Å². The topological polar surface area (TPSA) is 9.23 Å². The maximum atomic E-state index is 5.87. The van der Waals surface area contributed by atoms with Gasteiger partial charge in [-0.25, -0.2) is 0 Å². The Balaban J connectivity index is 2.34. The van der Waals surface area contributed by atoms with Gasteiger partial charge in [0.1, 0.15) is 0 Å². The third-order valence-corrected chi connectivity index (χ3v) is 17.4. The van der Waals surface area contributed by atoms with Crippen LogP contribution in [0, 0.1) is 0 Å². The summed E-state index contributed by atoms with van der Waals surface area (Å²) in [7, 11) is -1.39. The fraction of sp³-hybridized carbons (Fsp3) is 1.00. The van der Waals surface area contributed by atoms with Crippen LogP contribution in [-0.2, 0) is 4.12 Å². The van der Waals surface area contributed by atoms with Gasteiger partial charge in [-0.1, -0.05) is 6.55 Å². The van der Waals surface area contributed by atoms with E-state index in [-0.39, 0.29) is 8.80 Å². The van der Waals surface area contributed by atoms with Crippen LogP contribution in [-0.4, -0.2) is 26.9 Å². The van der Waals surface area contributed by atoms with E-state index in [1.165, 1.54) is 0 Å². The van der Waals surface area contributed by atoms with Crippen molar-refractivity contribution >= 4 is 26.9 Å². The third-order valence-electron chi connectivity index (χ3n) is 1.93. The molecule has 1 aliphatic rings. The maximum absolute atomic E-state index is 5.87. The summed E-state index contributed by atoms with van der Waals surface area (Å²) in [6, 6.07) is 0. The Labute approximate surface area is 62.5 Å². The maximum Gasteiger partial charge on any atom is 0.156 e. The second-order valence-corrected chi connectivity index (χ2v) is 13.6. The second-order valence-electron chi connectivity index (χ2n) is 3.33. The molecule has 1 saturated heterocycles. The SMILES string of the molecule is C[SiH]1C[SiH](C)O[SiH](C)C1. The lowest BCUT2D eigenvalue weighted by Crippen LogP contribution is -2.37. The molecular weight excluding hydrogens is 160 g/mol. The molecule has 0 aromatic rings. The minimum absolute atomic E-state index is 0.212. The summed E-state index contributed by atoms with van der Waals surface area (Å²) in [5.41, 5.74) is 3.11. The molecule has 0 aromatic carbocycles. The third kappa shape index (κ3) is 2.37. The van der Waals surface area contributed by atoms with Crippen molar-refractivity contribution in [1.82, 2.24) is 0 Å². The van der Waals surface area contributed by atoms with Crippen LogP contribution in [0.4, 0.5) is 0 Å². The molecule has 54 valence electrons. The molecule has 0 aromatic heterocycles. The van der Waals surface area contributed by atoms with Gasteiger partial charge in [0.2, 0.25) is 0 Å². The fourth-order valence-electron chi connectivity index (χ4n) is 1.74. The average Bonchev–Trinajstić information content (AvgIpc) is 1.59. The predicted molar refractivity (Wildman–Crippen MR) is 49.7 cm³/mol. The highest BCUT2D eigenvalue weighted by Crippen LogP contribution is 2.14. The van der Waals surface area contributed by atoms with Crippen molar-refractivity contribution < 1.29 is 4.12 Å². The first-order chi connectivity index (χ1) is 4.18. The van der Waals surface area contributed by atoms with Crippen LogP contribution in [0.1, 0.15) is 0 Å². The zero-order chi connectivity index (χ0) is 6.85. The zero-order valence-electron chi connectivity index (χ0n) is 6.55. The first kappa shape index (κ1) is 7.71. The number of hydrogen-bond acceptors (Lipinski definition) is 1. The van der Waals surface area contributed by atoms with E-state index in [1.807, 2.05) is 0 Å². The van der Waals surface area contributed by atoms with Gasteiger partial charge in [0.05, 0.1) is 0 Å². The van der Waals surface area contributed by atoms with Gasteiger partial charge in [0, 0.05) is 8.80 Å². The highest BCUT2D eigenvalue weighted by atomic mass is 28.4. The van der Waals surface area contributed by atoms with Crippen molar-refractivity contribution in [2.75, 3.05) is 0 Å². The first-order valence-corrected chi connectivity index (χ1v) is 11.5. The summed E-state index contributed by atoms with van der Waals surface area (Å²) in [6.07, 6.45) is 0. The molecule has 1 fully saturated rings. The molecule has 1 nitrogen and oxygen atoms in total. The van der Waals surface area contributed by atoms with E-state index < -0.39 is 18.1 Å². The predicted octanol–water partition coefficient (Wildman–Crippen LogP) is 0.659. The van der Waals surface area contributed by atoms with E-state index >= 15 is 0 Å². The van der Waals surface area contributed by atoms with Crippen molar-refractivity contribution in [2.45, 2.75) is 31.0 Å². The minimum Gasteiger partial charge on any atom is -0.461 e. The normalized spacial score (nSPS) is 45.0. The Morgan fingerprint density at radius 3 is 1.78 bits per heavy atom. The average molecular weight is 176 g/mol. The van der Waals surface area contributed by atoms with Crippen LogP contribution >= 0.6 is 0 Å². The summed E-state index contributed by atoms with van der Waals surface area (Å²) in [5.74, 6) is 0. The van der Waals surface area contributed by atoms with E-state index in [4.69, 9.17) is 4.12 Å². The highest BCUT2D eigenvalue weighted by Gasteiger charge is 2.23. The second kappa shape index (κ2) is 3.14. The summed E-state index contributed by atoms with van der Waals surface area (Å²) < 4.78 is 5.87. The van der Waals surface area contributed by atoms with Gasteiger partial charge in [-0.15, -0.1) is 0 Å². The zero-order valence-corrected chi connectivity index (χ0v) is 10.0. The van der Waals surface area contributed by atoms with Crippen LogP contribution < -0.4 is 0 Å². The molecule has 1 aliphatic heterocycles. The van der Waals surface area contributed by atoms with Crippen LogP contribution in [0.2, 0.25) is 31.0 Å². The van der Waals surface area contributed by atoms with E-state index in [1.54, 1.807) is 11.3 Å². The quantitative estimate of drug-likeness (QED) is 0.493. The summed E-state index contributed by atoms with van der Waals surface area (Å²) in [4.78, 5) is 0. The van der Waals surface area contributed by atoms with Crippen LogP contribution in [0.25, 0.3) is 0 Å². The molecule has 2 atom stereocenters. The van der Waals surface area contributed by atoms with Crippen LogP contribution in [0.3, 0.4) is 0 Å². The molecule has 4 heteroatoms. The van der Waals surface area contributed by atoms with E-state index in [0.29, 0.717) is 0 Å². The Bertz CT molecular complexity index is 73.2. The molecular formula is C5H16OSi3. The van der Waals surface area contributed by atoms with Gasteiger partial charge >= 0.3 is 0 Å². The standard InChI is InChI=1S/C5H16OSi3/c1-7-4-8(2)6-9(3)5-7/h7-9H,4-5H2,1-3H3. The van der Waals surface area contributed by atoms with Crippen molar-refractivity contribution in [3.63, 3.8) is 0 Å². The monoisotopic (exact) mass is 176 g/mol. The lowest BCUT2D eigenvalue weighted by Gasteiger charge is -2.27. The highest BCUT2D eigenvalue weighted by molar-refractivity contribution is 6.87. The van der Waals surface area contributed by atoms with E-state index in [9.17, 15) is 0 Å². The Hall–Kier alpha value is 0.611. The molecule has 9 heavy (non-hydrogen) atoms. The minimum atomic E-state index is -0.587. The summed E-state index contributed by atoms with van der Waals surface area (Å²) in [6.45, 7) is 7.24. The van der Waals surface area contributed by atoms with Gasteiger partial charge in [-0.05, 0) is 24.4 Å². The molecule has 2 unspecified atom stereocenters. The molecule has 1 heterocycles. The lowest BCUT2D eigenvalue weighted by atomic mass is 11.8. The largest absolute Gasteiger partial charge is 0.461 e. The Morgan fingerprint density at radius 2 is 1.44 bits per heavy atom. The van der Waals surface area contributed by atoms with Gasteiger partial charge < -0.3 is 4.12 Å². The molecule has 0 bridgehead atoms. The molecule has 0 spiro atoms. The lowest BCUT2D eigenvalue weighted by molar-refractivity contribution is 0.596. The fourth-order valence-corrected chi connectivity index (χ4v) is 19.4. The number of rotatable bonds is 0. The van der Waals surface area contributed by atoms with Crippen molar-refractivity contribution in [1.29, 1.82) is 0 Å². The van der Waals surface area contributed by atoms with E-state index in [2.05, 4.69) is 19.6 Å². The van der Waals surface area contributed by atoms with Gasteiger partial charge in [-0.3, -0.25) is 0 Å². The Morgan fingerprint density at radius 1 is 1.00 bits per heavy atom. The Kier molecular flexibility index (Phi) is 2.69. The van der Waals surface area contributed by atoms with Crippen LogP contribution in [0.15, 0.2) is 0 Å². The van der Waals surface area contributed by atoms with Gasteiger partial charge in [0.25, 0.3) is 0 Å². The van der Waals surface area contributed by atoms with Crippen molar-refractivity contribution in [3.8, 4) is 0 Å². The summed E-state index contributed by atoms with van der Waals surface area (Å²) in [5, 5.41) is 0. The van der Waals surface area contributed by atoms with Gasteiger partial charge in [0.15, 0.2) is 18.1 Å². The number of hydrogen-bond donors (Lipinski definition) is 0.